The van der Waals surface area contributed by atoms with Crippen molar-refractivity contribution in [3.05, 3.63) is 36.0 Å². The second-order valence-corrected chi connectivity index (χ2v) is 12.6. The maximum atomic E-state index is 12.8. The average molecular weight is 455 g/mol. The number of rotatable bonds is 7. The number of fused-ring (bicyclic) bond motifs is 1. The molecule has 0 aromatic rings. The van der Waals surface area contributed by atoms with Crippen LogP contribution in [0.1, 0.15) is 99.3 Å². The molecule has 2 saturated carbocycles. The molecular formula is C30H46O3. The third-order valence-electron chi connectivity index (χ3n) is 10.4. The van der Waals surface area contributed by atoms with E-state index in [2.05, 4.69) is 60.8 Å². The van der Waals surface area contributed by atoms with Crippen LogP contribution in [0.25, 0.3) is 0 Å². The topological polar surface area (TPSA) is 54.4 Å². The fraction of sp³-hybridized carbons (Fsp3) is 0.733. The predicted octanol–water partition coefficient (Wildman–Crippen LogP) is 7.77. The minimum absolute atomic E-state index is 0.0961. The van der Waals surface area contributed by atoms with E-state index in [1.54, 1.807) is 0 Å². The number of allylic oxidation sites excluding steroid dienone is 4. The van der Waals surface area contributed by atoms with E-state index in [1.165, 1.54) is 16.7 Å². The van der Waals surface area contributed by atoms with Crippen molar-refractivity contribution in [3.63, 3.8) is 0 Å². The molecule has 0 aromatic heterocycles. The summed E-state index contributed by atoms with van der Waals surface area (Å²) in [4.78, 5) is 24.3. The van der Waals surface area contributed by atoms with E-state index in [-0.39, 0.29) is 22.7 Å². The zero-order valence-corrected chi connectivity index (χ0v) is 21.9. The van der Waals surface area contributed by atoms with E-state index in [9.17, 15) is 14.7 Å². The Morgan fingerprint density at radius 1 is 1.15 bits per heavy atom. The number of ketones is 1. The van der Waals surface area contributed by atoms with Crippen LogP contribution < -0.4 is 0 Å². The first-order valence-corrected chi connectivity index (χ1v) is 13.0. The minimum atomic E-state index is -0.715. The van der Waals surface area contributed by atoms with Crippen molar-refractivity contribution in [1.29, 1.82) is 0 Å². The number of Topliss-reactive ketones (excluding diaryl/α,β-unsaturated/α-hetero) is 1. The molecule has 0 aromatic carbocycles. The van der Waals surface area contributed by atoms with Crippen molar-refractivity contribution in [3.8, 4) is 0 Å². The molecule has 3 nitrogen and oxygen atoms in total. The van der Waals surface area contributed by atoms with E-state index < -0.39 is 5.97 Å². The molecule has 6 atom stereocenters. The highest BCUT2D eigenvalue weighted by molar-refractivity contribution is 5.85. The molecule has 3 rings (SSSR count). The Hall–Kier alpha value is -1.64. The SMILES string of the molecule is C=C1CC[C@H]2C(C)(C)C(=O)CC[C@]2(C)[C@H]1CCC1C(C)=CC[C@@H](C(=C)C)[C@]1(C)CCC(=O)O. The molecule has 3 aliphatic carbocycles. The van der Waals surface area contributed by atoms with Gasteiger partial charge in [-0.3, -0.25) is 9.59 Å². The van der Waals surface area contributed by atoms with Gasteiger partial charge in [-0.1, -0.05) is 63.6 Å². The normalized spacial score (nSPS) is 38.4. The number of carbonyl (C=O) groups excluding carboxylic acids is 1. The lowest BCUT2D eigenvalue weighted by atomic mass is 9.46. The highest BCUT2D eigenvalue weighted by Crippen LogP contribution is 2.62. The highest BCUT2D eigenvalue weighted by Gasteiger charge is 2.56. The van der Waals surface area contributed by atoms with Gasteiger partial charge in [-0.2, -0.15) is 0 Å². The summed E-state index contributed by atoms with van der Waals surface area (Å²) in [5.74, 6) is 1.20. The molecule has 184 valence electrons. The number of aliphatic carboxylic acids is 1. The van der Waals surface area contributed by atoms with Crippen LogP contribution in [-0.2, 0) is 9.59 Å². The first kappa shape index (κ1) is 26.0. The van der Waals surface area contributed by atoms with Gasteiger partial charge in [0.25, 0.3) is 0 Å². The molecular weight excluding hydrogens is 408 g/mol. The maximum absolute atomic E-state index is 12.8. The molecule has 0 radical (unpaired) electrons. The lowest BCUT2D eigenvalue weighted by Gasteiger charge is -2.57. The zero-order chi connectivity index (χ0) is 24.8. The first-order valence-electron chi connectivity index (χ1n) is 13.0. The van der Waals surface area contributed by atoms with Crippen molar-refractivity contribution in [2.45, 2.75) is 99.3 Å². The van der Waals surface area contributed by atoms with Crippen molar-refractivity contribution in [2.75, 3.05) is 0 Å². The van der Waals surface area contributed by atoms with Gasteiger partial charge < -0.3 is 5.11 Å². The number of carboxylic acid groups (broad SMARTS) is 1. The third-order valence-corrected chi connectivity index (χ3v) is 10.4. The van der Waals surface area contributed by atoms with Gasteiger partial charge >= 0.3 is 5.97 Å². The molecule has 1 N–H and O–H groups in total. The molecule has 0 heterocycles. The van der Waals surface area contributed by atoms with Gasteiger partial charge in [0.1, 0.15) is 5.78 Å². The Morgan fingerprint density at radius 3 is 2.39 bits per heavy atom. The average Bonchev–Trinajstić information content (AvgIpc) is 2.71. The standard InChI is InChI=1S/C30H46O3/c1-19(2)22-11-9-20(3)23(29(22,7)18-16-27(32)33)12-13-24-21(4)10-14-25-28(5,6)26(31)15-17-30(24,25)8/h9,22-25H,1,4,10-18H2,2-3,5-8H3,(H,32,33)/t22-,23?,24-,25-,29-,30+/m0/s1. The Labute approximate surface area is 201 Å². The number of carbonyl (C=O) groups is 2. The molecule has 1 unspecified atom stereocenters. The van der Waals surface area contributed by atoms with Crippen molar-refractivity contribution in [1.82, 2.24) is 0 Å². The summed E-state index contributed by atoms with van der Waals surface area (Å²) in [6, 6.07) is 0. The second kappa shape index (κ2) is 9.19. The fourth-order valence-corrected chi connectivity index (χ4v) is 8.37. The van der Waals surface area contributed by atoms with Crippen LogP contribution in [0, 0.1) is 39.9 Å². The van der Waals surface area contributed by atoms with Gasteiger partial charge in [0, 0.05) is 18.3 Å². The summed E-state index contributed by atoms with van der Waals surface area (Å²) < 4.78 is 0. The summed E-state index contributed by atoms with van der Waals surface area (Å²) in [6.07, 6.45) is 10.1. The lowest BCUT2D eigenvalue weighted by Crippen LogP contribution is -2.53. The van der Waals surface area contributed by atoms with Gasteiger partial charge in [0.2, 0.25) is 0 Å². The minimum Gasteiger partial charge on any atom is -0.481 e. The largest absolute Gasteiger partial charge is 0.481 e. The zero-order valence-electron chi connectivity index (χ0n) is 21.9. The van der Waals surface area contributed by atoms with Crippen molar-refractivity contribution >= 4 is 11.8 Å². The van der Waals surface area contributed by atoms with Gasteiger partial charge in [-0.15, -0.1) is 0 Å². The Morgan fingerprint density at radius 2 is 1.79 bits per heavy atom. The Bertz CT molecular complexity index is 862. The fourth-order valence-electron chi connectivity index (χ4n) is 8.37. The molecule has 0 spiro atoms. The van der Waals surface area contributed by atoms with Crippen LogP contribution in [0.5, 0.6) is 0 Å². The smallest absolute Gasteiger partial charge is 0.303 e. The summed E-state index contributed by atoms with van der Waals surface area (Å²) >= 11 is 0. The summed E-state index contributed by atoms with van der Waals surface area (Å²) in [7, 11) is 0. The molecule has 0 bridgehead atoms. The van der Waals surface area contributed by atoms with E-state index in [4.69, 9.17) is 0 Å². The third kappa shape index (κ3) is 4.54. The van der Waals surface area contributed by atoms with E-state index in [1.807, 2.05) is 0 Å². The molecule has 33 heavy (non-hydrogen) atoms. The quantitative estimate of drug-likeness (QED) is 0.400. The molecule has 3 heteroatoms. The predicted molar refractivity (Wildman–Crippen MR) is 136 cm³/mol. The summed E-state index contributed by atoms with van der Waals surface area (Å²) in [5, 5.41) is 9.46. The molecule has 0 saturated heterocycles. The monoisotopic (exact) mass is 454 g/mol. The summed E-state index contributed by atoms with van der Waals surface area (Å²) in [5.41, 5.74) is 3.69. The van der Waals surface area contributed by atoms with Crippen LogP contribution in [-0.4, -0.2) is 16.9 Å². The van der Waals surface area contributed by atoms with E-state index in [0.29, 0.717) is 42.3 Å². The van der Waals surface area contributed by atoms with Crippen molar-refractivity contribution < 1.29 is 14.7 Å². The van der Waals surface area contributed by atoms with E-state index in [0.717, 1.165) is 38.5 Å². The summed E-state index contributed by atoms with van der Waals surface area (Å²) in [6.45, 7) is 22.2. The first-order chi connectivity index (χ1) is 15.2. The Kier molecular flexibility index (Phi) is 7.23. The van der Waals surface area contributed by atoms with Gasteiger partial charge in [-0.25, -0.2) is 0 Å². The van der Waals surface area contributed by atoms with Crippen LogP contribution in [0.3, 0.4) is 0 Å². The maximum Gasteiger partial charge on any atom is 0.303 e. The second-order valence-electron chi connectivity index (χ2n) is 12.6. The van der Waals surface area contributed by atoms with Crippen LogP contribution in [0.2, 0.25) is 0 Å². The molecule has 0 aliphatic heterocycles. The lowest BCUT2D eigenvalue weighted by molar-refractivity contribution is -0.145. The van der Waals surface area contributed by atoms with Gasteiger partial charge in [0.05, 0.1) is 0 Å². The molecule has 3 aliphatic rings. The van der Waals surface area contributed by atoms with Crippen LogP contribution >= 0.6 is 0 Å². The van der Waals surface area contributed by atoms with Gasteiger partial charge in [-0.05, 0) is 93.3 Å². The number of carboxylic acids is 1. The Balaban J connectivity index is 1.89. The molecule has 2 fully saturated rings. The molecule has 0 amide bonds. The highest BCUT2D eigenvalue weighted by atomic mass is 16.4. The number of hydrogen-bond donors (Lipinski definition) is 1. The van der Waals surface area contributed by atoms with Gasteiger partial charge in [0.15, 0.2) is 0 Å². The van der Waals surface area contributed by atoms with E-state index >= 15 is 0 Å². The number of hydrogen-bond acceptors (Lipinski definition) is 2. The van der Waals surface area contributed by atoms with Crippen LogP contribution in [0.15, 0.2) is 36.0 Å². The van der Waals surface area contributed by atoms with Crippen molar-refractivity contribution in [2.24, 2.45) is 39.9 Å². The van der Waals surface area contributed by atoms with Crippen LogP contribution in [0.4, 0.5) is 0 Å².